The number of rotatable bonds is 8. The average molecular weight is 402 g/mol. The first kappa shape index (κ1) is 19.5. The summed E-state index contributed by atoms with van der Waals surface area (Å²) in [7, 11) is -1.40. The maximum Gasteiger partial charge on any atom is 0.647 e. The molecular formula is C20H19O7P. The molecule has 0 amide bonds. The van der Waals surface area contributed by atoms with E-state index in [0.717, 1.165) is 0 Å². The molecule has 1 N–H and O–H groups in total. The van der Waals surface area contributed by atoms with Crippen LogP contribution in [0.5, 0.6) is 34.5 Å². The Morgan fingerprint density at radius 1 is 0.607 bits per heavy atom. The summed E-state index contributed by atoms with van der Waals surface area (Å²) < 4.78 is 40.7. The normalized spacial score (nSPS) is 10.8. The highest BCUT2D eigenvalue weighted by Gasteiger charge is 2.36. The van der Waals surface area contributed by atoms with Gasteiger partial charge in [-0.05, 0) is 36.4 Å². The first-order valence-corrected chi connectivity index (χ1v) is 9.73. The van der Waals surface area contributed by atoms with E-state index in [1.165, 1.54) is 26.4 Å². The summed E-state index contributed by atoms with van der Waals surface area (Å²) >= 11 is 0. The number of ether oxygens (including phenoxy) is 2. The Morgan fingerprint density at radius 2 is 0.964 bits per heavy atom. The highest BCUT2D eigenvalue weighted by atomic mass is 31.2. The van der Waals surface area contributed by atoms with Crippen molar-refractivity contribution in [1.82, 2.24) is 0 Å². The van der Waals surface area contributed by atoms with Gasteiger partial charge in [-0.25, -0.2) is 0 Å². The van der Waals surface area contributed by atoms with Crippen LogP contribution in [0.3, 0.4) is 0 Å². The third kappa shape index (κ3) is 4.50. The molecule has 3 aromatic rings. The van der Waals surface area contributed by atoms with E-state index in [1.807, 2.05) is 0 Å². The molecule has 8 heteroatoms. The van der Waals surface area contributed by atoms with Crippen LogP contribution < -0.4 is 23.0 Å². The molecule has 0 saturated carbocycles. The van der Waals surface area contributed by atoms with Crippen molar-refractivity contribution in [2.24, 2.45) is 0 Å². The van der Waals surface area contributed by atoms with E-state index >= 15 is 0 Å². The van der Waals surface area contributed by atoms with Gasteiger partial charge in [0, 0.05) is 0 Å². The molecule has 0 atom stereocenters. The van der Waals surface area contributed by atoms with Gasteiger partial charge in [0.25, 0.3) is 0 Å². The summed E-state index contributed by atoms with van der Waals surface area (Å²) in [6.45, 7) is 0. The lowest BCUT2D eigenvalue weighted by atomic mass is 10.3. The summed E-state index contributed by atoms with van der Waals surface area (Å²) in [6, 6.07) is 19.3. The zero-order valence-corrected chi connectivity index (χ0v) is 16.2. The van der Waals surface area contributed by atoms with Gasteiger partial charge in [-0.15, -0.1) is 0 Å². The number of hydrogen-bond donors (Lipinski definition) is 1. The number of phenols is 1. The molecule has 0 saturated heterocycles. The van der Waals surface area contributed by atoms with Crippen LogP contribution in [0.1, 0.15) is 0 Å². The van der Waals surface area contributed by atoms with Gasteiger partial charge in [-0.3, -0.25) is 0 Å². The quantitative estimate of drug-likeness (QED) is 0.528. The topological polar surface area (TPSA) is 83.5 Å². The minimum atomic E-state index is -4.31. The molecule has 0 spiro atoms. The first-order chi connectivity index (χ1) is 13.5. The zero-order valence-electron chi connectivity index (χ0n) is 15.3. The van der Waals surface area contributed by atoms with Crippen molar-refractivity contribution < 1.29 is 32.7 Å². The van der Waals surface area contributed by atoms with Gasteiger partial charge in [-0.2, -0.15) is 4.57 Å². The lowest BCUT2D eigenvalue weighted by molar-refractivity contribution is 0.279. The van der Waals surface area contributed by atoms with Gasteiger partial charge in [0.1, 0.15) is 0 Å². The zero-order chi connectivity index (χ0) is 20.0. The Bertz CT molecular complexity index is 936. The van der Waals surface area contributed by atoms with Crippen molar-refractivity contribution in [1.29, 1.82) is 0 Å². The second kappa shape index (κ2) is 8.59. The van der Waals surface area contributed by atoms with Crippen LogP contribution in [-0.2, 0) is 4.57 Å². The Labute approximate surface area is 162 Å². The fourth-order valence-corrected chi connectivity index (χ4v) is 3.63. The van der Waals surface area contributed by atoms with Crippen molar-refractivity contribution in [2.45, 2.75) is 0 Å². The maximum atomic E-state index is 13.5. The predicted molar refractivity (Wildman–Crippen MR) is 104 cm³/mol. The molecule has 3 aromatic carbocycles. The highest BCUT2D eigenvalue weighted by molar-refractivity contribution is 7.49. The van der Waals surface area contributed by atoms with E-state index in [9.17, 15) is 9.67 Å². The molecule has 3 rings (SSSR count). The fourth-order valence-electron chi connectivity index (χ4n) is 2.34. The maximum absolute atomic E-state index is 13.5. The van der Waals surface area contributed by atoms with Gasteiger partial charge in [0.15, 0.2) is 34.5 Å². The van der Waals surface area contributed by atoms with Crippen molar-refractivity contribution >= 4 is 7.82 Å². The number of methoxy groups -OCH3 is 2. The lowest BCUT2D eigenvalue weighted by Gasteiger charge is -2.21. The van der Waals surface area contributed by atoms with Gasteiger partial charge < -0.3 is 28.2 Å². The van der Waals surface area contributed by atoms with E-state index in [2.05, 4.69) is 0 Å². The first-order valence-electron chi connectivity index (χ1n) is 8.27. The van der Waals surface area contributed by atoms with E-state index in [0.29, 0.717) is 11.5 Å². The third-order valence-electron chi connectivity index (χ3n) is 3.63. The molecule has 28 heavy (non-hydrogen) atoms. The molecule has 0 radical (unpaired) electrons. The summed E-state index contributed by atoms with van der Waals surface area (Å²) in [5, 5.41) is 10.0. The molecule has 0 aliphatic carbocycles. The summed E-state index contributed by atoms with van der Waals surface area (Å²) in [6.07, 6.45) is 0. The lowest BCUT2D eigenvalue weighted by Crippen LogP contribution is -2.09. The number of para-hydroxylation sites is 6. The number of benzene rings is 3. The monoisotopic (exact) mass is 402 g/mol. The van der Waals surface area contributed by atoms with Crippen LogP contribution in [0.15, 0.2) is 72.8 Å². The molecule has 0 fully saturated rings. The number of aromatic hydroxyl groups is 1. The van der Waals surface area contributed by atoms with Gasteiger partial charge >= 0.3 is 7.82 Å². The van der Waals surface area contributed by atoms with Gasteiger partial charge in [0.05, 0.1) is 14.2 Å². The molecule has 0 aliphatic heterocycles. The van der Waals surface area contributed by atoms with Gasteiger partial charge in [-0.1, -0.05) is 36.4 Å². The fraction of sp³-hybridized carbons (Fsp3) is 0.100. The smallest absolute Gasteiger partial charge is 0.504 e. The molecule has 146 valence electrons. The van der Waals surface area contributed by atoms with Crippen molar-refractivity contribution in [2.75, 3.05) is 14.2 Å². The van der Waals surface area contributed by atoms with Gasteiger partial charge in [0.2, 0.25) is 0 Å². The second-order valence-corrected chi connectivity index (χ2v) is 6.93. The van der Waals surface area contributed by atoms with Crippen LogP contribution in [0, 0.1) is 0 Å². The third-order valence-corrected chi connectivity index (χ3v) is 4.89. The van der Waals surface area contributed by atoms with E-state index in [1.54, 1.807) is 60.7 Å². The van der Waals surface area contributed by atoms with Crippen molar-refractivity contribution in [3.05, 3.63) is 72.8 Å². The van der Waals surface area contributed by atoms with Crippen LogP contribution in [-0.4, -0.2) is 19.3 Å². The van der Waals surface area contributed by atoms with Crippen LogP contribution in [0.4, 0.5) is 0 Å². The standard InChI is InChI=1S/C20H19O7P/c1-23-17-11-5-7-13-19(17)26-28(22,25-16-10-4-3-9-15(16)21)27-20-14-8-6-12-18(20)24-2/h3-14,21H,1-2H3. The van der Waals surface area contributed by atoms with E-state index < -0.39 is 7.82 Å². The molecule has 0 bridgehead atoms. The number of phosphoric acid groups is 1. The Balaban J connectivity index is 2.00. The van der Waals surface area contributed by atoms with Crippen molar-refractivity contribution in [3.8, 4) is 34.5 Å². The Kier molecular flexibility index (Phi) is 5.96. The summed E-state index contributed by atoms with van der Waals surface area (Å²) in [4.78, 5) is 0. The Morgan fingerprint density at radius 3 is 1.39 bits per heavy atom. The molecule has 0 aromatic heterocycles. The van der Waals surface area contributed by atoms with Crippen LogP contribution in [0.2, 0.25) is 0 Å². The largest absolute Gasteiger partial charge is 0.647 e. The van der Waals surface area contributed by atoms with Crippen molar-refractivity contribution in [3.63, 3.8) is 0 Å². The minimum Gasteiger partial charge on any atom is -0.504 e. The number of phosphoric ester groups is 1. The van der Waals surface area contributed by atoms with Crippen LogP contribution in [0.25, 0.3) is 0 Å². The number of hydrogen-bond acceptors (Lipinski definition) is 7. The minimum absolute atomic E-state index is 0.0596. The Hall–Kier alpha value is -3.31. The summed E-state index contributed by atoms with van der Waals surface area (Å²) in [5.74, 6) is 0.711. The highest BCUT2D eigenvalue weighted by Crippen LogP contribution is 2.54. The molecular weight excluding hydrogens is 383 g/mol. The number of phenolic OH excluding ortho intramolecular Hbond substituents is 1. The van der Waals surface area contributed by atoms with E-state index in [4.69, 9.17) is 23.0 Å². The SMILES string of the molecule is COc1ccccc1OP(=O)(Oc1ccccc1O)Oc1ccccc1OC. The molecule has 7 nitrogen and oxygen atoms in total. The second-order valence-electron chi connectivity index (χ2n) is 5.49. The predicted octanol–water partition coefficient (Wildman–Crippen LogP) is 5.05. The summed E-state index contributed by atoms with van der Waals surface area (Å²) in [5.41, 5.74) is 0. The molecule has 0 aliphatic rings. The van der Waals surface area contributed by atoms with E-state index in [-0.39, 0.29) is 23.0 Å². The average Bonchev–Trinajstić information content (AvgIpc) is 2.70. The molecule has 0 heterocycles. The molecule has 0 unspecified atom stereocenters. The van der Waals surface area contributed by atoms with Crippen LogP contribution >= 0.6 is 7.82 Å².